The molecule has 0 spiro atoms. The number of halogens is 3. The Kier molecular flexibility index (Phi) is 11.7. The summed E-state index contributed by atoms with van der Waals surface area (Å²) < 4.78 is 118. The van der Waals surface area contributed by atoms with E-state index in [1.54, 1.807) is 34.0 Å². The van der Waals surface area contributed by atoms with E-state index in [0.29, 0.717) is 17.4 Å². The number of nitrogens with one attached hydrogen (secondary N) is 2. The van der Waals surface area contributed by atoms with Crippen LogP contribution >= 0.6 is 22.7 Å². The number of carbonyl (C=O) groups is 2. The summed E-state index contributed by atoms with van der Waals surface area (Å²) >= 11 is 2.29. The molecule has 24 heteroatoms. The minimum atomic E-state index is -5.91. The minimum absolute atomic E-state index is 0.0585. The Morgan fingerprint density at radius 1 is 0.678 bits per heavy atom. The van der Waals surface area contributed by atoms with Crippen molar-refractivity contribution in [3.63, 3.8) is 0 Å². The number of sulfonamides is 2. The van der Waals surface area contributed by atoms with Gasteiger partial charge in [-0.3, -0.25) is 19.0 Å². The first-order chi connectivity index (χ1) is 27.9. The number of amides is 2. The average Bonchev–Trinajstić information content (AvgIpc) is 4.05. The van der Waals surface area contributed by atoms with Crippen LogP contribution in [0.5, 0.6) is 0 Å². The molecule has 59 heavy (non-hydrogen) atoms. The van der Waals surface area contributed by atoms with Crippen LogP contribution in [0.4, 0.5) is 40.5 Å². The maximum absolute atomic E-state index is 13.1. The Hall–Kier alpha value is -5.14. The molecule has 3 aliphatic rings. The highest BCUT2D eigenvalue weighted by Crippen LogP contribution is 2.35. The Bertz CT molecular complexity index is 2650. The second-order valence-corrected chi connectivity index (χ2v) is 19.7. The smallest absolute Gasteiger partial charge is 0.359 e. The number of fused-ring (bicyclic) bond motifs is 1. The highest BCUT2D eigenvalue weighted by molar-refractivity contribution is 7.93. The van der Waals surface area contributed by atoms with Crippen LogP contribution in [-0.4, -0.2) is 84.3 Å². The van der Waals surface area contributed by atoms with Crippen LogP contribution < -0.4 is 24.1 Å². The van der Waals surface area contributed by atoms with Crippen molar-refractivity contribution >= 4 is 92.0 Å². The van der Waals surface area contributed by atoms with Gasteiger partial charge in [-0.2, -0.15) is 21.6 Å². The van der Waals surface area contributed by atoms with Crippen molar-refractivity contribution in [1.82, 2.24) is 9.97 Å². The molecule has 0 bridgehead atoms. The summed E-state index contributed by atoms with van der Waals surface area (Å²) in [4.78, 5) is 38.1. The summed E-state index contributed by atoms with van der Waals surface area (Å²) in [5, 5.41) is 3.77. The van der Waals surface area contributed by atoms with Gasteiger partial charge in [-0.05, 0) is 73.0 Å². The van der Waals surface area contributed by atoms with E-state index in [-0.39, 0.29) is 45.5 Å². The van der Waals surface area contributed by atoms with Gasteiger partial charge in [0.2, 0.25) is 5.91 Å². The number of benzene rings is 3. The van der Waals surface area contributed by atoms with Crippen molar-refractivity contribution < 1.29 is 52.2 Å². The van der Waals surface area contributed by atoms with Crippen molar-refractivity contribution in [1.29, 1.82) is 0 Å². The molecule has 5 heterocycles. The van der Waals surface area contributed by atoms with Crippen molar-refractivity contribution in [3.8, 4) is 0 Å². The van der Waals surface area contributed by atoms with E-state index >= 15 is 0 Å². The average molecular weight is 912 g/mol. The van der Waals surface area contributed by atoms with Crippen molar-refractivity contribution in [2.45, 2.75) is 46.7 Å². The number of rotatable bonds is 11. The second kappa shape index (κ2) is 16.5. The number of anilines is 5. The monoisotopic (exact) mass is 911 g/mol. The molecule has 0 unspecified atom stereocenters. The van der Waals surface area contributed by atoms with Crippen molar-refractivity contribution in [2.24, 2.45) is 0 Å². The molecular formula is C35H32F3N7O9S5. The van der Waals surface area contributed by atoms with E-state index in [0.717, 1.165) is 41.3 Å². The van der Waals surface area contributed by atoms with Gasteiger partial charge in [0.25, 0.3) is 26.0 Å². The van der Waals surface area contributed by atoms with E-state index in [1.807, 2.05) is 12.1 Å². The Balaban J connectivity index is 0.000000179. The summed E-state index contributed by atoms with van der Waals surface area (Å²) in [5.74, 6) is -0.919. The number of thiazole rings is 2. The molecule has 8 rings (SSSR count). The van der Waals surface area contributed by atoms with Gasteiger partial charge in [-0.25, -0.2) is 31.0 Å². The van der Waals surface area contributed by atoms with E-state index < -0.39 is 47.7 Å². The van der Waals surface area contributed by atoms with Crippen LogP contribution in [0.3, 0.4) is 0 Å². The molecule has 0 aliphatic carbocycles. The third-order valence-corrected chi connectivity index (χ3v) is 14.8. The quantitative estimate of drug-likeness (QED) is 0.132. The molecule has 2 saturated heterocycles. The summed E-state index contributed by atoms with van der Waals surface area (Å²) in [6.45, 7) is 1.37. The maximum Gasteiger partial charge on any atom is 0.523 e. The molecule has 2 amide bonds. The van der Waals surface area contributed by atoms with Crippen LogP contribution in [0, 0.1) is 0 Å². The van der Waals surface area contributed by atoms with Crippen LogP contribution in [0.2, 0.25) is 0 Å². The Morgan fingerprint density at radius 2 is 1.19 bits per heavy atom. The topological polar surface area (TPSA) is 205 Å². The molecule has 3 aliphatic heterocycles. The summed E-state index contributed by atoms with van der Waals surface area (Å²) in [7, 11) is -13.5. The molecule has 16 nitrogen and oxygen atoms in total. The summed E-state index contributed by atoms with van der Waals surface area (Å²) in [6, 6.07) is 19.4. The predicted molar refractivity (Wildman–Crippen MR) is 214 cm³/mol. The zero-order valence-corrected chi connectivity index (χ0v) is 34.3. The lowest BCUT2D eigenvalue weighted by molar-refractivity contribution is -0.123. The Labute approximate surface area is 344 Å². The minimum Gasteiger partial charge on any atom is -0.359 e. The highest BCUT2D eigenvalue weighted by Gasteiger charge is 2.51. The number of carbonyl (C=O) groups excluding carboxylic acids is 2. The van der Waals surface area contributed by atoms with E-state index in [1.165, 1.54) is 59.5 Å². The number of hydrogen-bond donors (Lipinski definition) is 2. The van der Waals surface area contributed by atoms with Gasteiger partial charge < -0.3 is 14.7 Å². The third-order valence-electron chi connectivity index (χ3n) is 9.38. The zero-order valence-electron chi connectivity index (χ0n) is 30.2. The van der Waals surface area contributed by atoms with Gasteiger partial charge in [-0.1, -0.05) is 18.2 Å². The highest BCUT2D eigenvalue weighted by atomic mass is 32.2. The SMILES string of the molecule is O=C1[C@@H](N2CCc3ccccc32)CCN1c1ccc(S(=O)(=O)Nc2nccs2)cc1.O=C1[C@H](OS(=O)(=O)C(F)(F)F)CCN1c1ccc(S(=O)(=O)Nc2nccs2)cc1. The van der Waals surface area contributed by atoms with Crippen LogP contribution in [0.25, 0.3) is 0 Å². The number of para-hydroxylation sites is 1. The van der Waals surface area contributed by atoms with Gasteiger partial charge in [0.1, 0.15) is 6.04 Å². The van der Waals surface area contributed by atoms with Crippen molar-refractivity contribution in [3.05, 3.63) is 102 Å². The van der Waals surface area contributed by atoms with Gasteiger partial charge in [0, 0.05) is 66.3 Å². The molecule has 2 atom stereocenters. The second-order valence-electron chi connectivity index (χ2n) is 13.0. The van der Waals surface area contributed by atoms with Gasteiger partial charge >= 0.3 is 15.6 Å². The third kappa shape index (κ3) is 9.06. The molecule has 0 saturated carbocycles. The van der Waals surface area contributed by atoms with Crippen molar-refractivity contribution in [2.75, 3.05) is 43.8 Å². The number of aromatic nitrogens is 2. The molecule has 312 valence electrons. The zero-order chi connectivity index (χ0) is 42.2. The molecular weight excluding hydrogens is 880 g/mol. The predicted octanol–water partition coefficient (Wildman–Crippen LogP) is 5.03. The van der Waals surface area contributed by atoms with E-state index in [9.17, 15) is 48.0 Å². The standard InChI is InChI=1S/C21H20N4O3S2.C14H12F3N3O6S3/c26-20-19(25-12-9-15-3-1-2-4-18(15)25)10-13-24(20)16-5-7-17(8-6-16)30(27,28)23-21-22-11-14-29-21;15-14(16,17)29(24,25)26-11-5-7-20(12(11)21)9-1-3-10(4-2-9)28(22,23)19-13-18-6-8-27-13/h1-8,11,14,19H,9-10,12-13H2,(H,22,23);1-4,6,8,11H,5,7H2,(H,18,19)/t19-;11-/m01/s1. The van der Waals surface area contributed by atoms with Gasteiger partial charge in [0.05, 0.1) is 9.79 Å². The molecule has 2 N–H and O–H groups in total. The molecule has 2 aromatic heterocycles. The van der Waals surface area contributed by atoms with Gasteiger partial charge in [-0.15, -0.1) is 22.7 Å². The first-order valence-electron chi connectivity index (χ1n) is 17.5. The van der Waals surface area contributed by atoms with E-state index in [4.69, 9.17) is 0 Å². The first-order valence-corrected chi connectivity index (χ1v) is 23.6. The summed E-state index contributed by atoms with van der Waals surface area (Å²) in [6.07, 6.45) is 2.58. The lowest BCUT2D eigenvalue weighted by atomic mass is 10.1. The normalized spacial score (nSPS) is 18.5. The van der Waals surface area contributed by atoms with Crippen LogP contribution in [0.1, 0.15) is 18.4 Å². The molecule has 3 aromatic carbocycles. The fourth-order valence-electron chi connectivity index (χ4n) is 6.61. The van der Waals surface area contributed by atoms with Gasteiger partial charge in [0.15, 0.2) is 16.4 Å². The van der Waals surface area contributed by atoms with Crippen LogP contribution in [-0.2, 0) is 50.4 Å². The fourth-order valence-corrected chi connectivity index (χ4v) is 10.8. The number of hydrogen-bond acceptors (Lipinski definition) is 14. The number of nitrogens with zero attached hydrogens (tertiary/aromatic N) is 5. The van der Waals surface area contributed by atoms with E-state index in [2.05, 4.69) is 40.6 Å². The largest absolute Gasteiger partial charge is 0.523 e. The summed E-state index contributed by atoms with van der Waals surface area (Å²) in [5.41, 5.74) is -2.32. The molecule has 2 fully saturated rings. The first kappa shape index (κ1) is 42.0. The fraction of sp³-hybridized carbons (Fsp3) is 0.257. The number of alkyl halides is 3. The van der Waals surface area contributed by atoms with Crippen LogP contribution in [0.15, 0.2) is 106 Å². The lowest BCUT2D eigenvalue weighted by Crippen LogP contribution is -2.41. The molecule has 0 radical (unpaired) electrons. The molecule has 5 aromatic rings. The lowest BCUT2D eigenvalue weighted by Gasteiger charge is -2.26. The Morgan fingerprint density at radius 3 is 1.69 bits per heavy atom. The maximum atomic E-state index is 13.1.